The van der Waals surface area contributed by atoms with Crippen LogP contribution in [0.25, 0.3) is 16.9 Å². The number of rotatable bonds is 6. The van der Waals surface area contributed by atoms with Crippen molar-refractivity contribution < 1.29 is 22.7 Å². The zero-order valence-corrected chi connectivity index (χ0v) is 20.7. The number of nitrogens with one attached hydrogen (secondary N) is 1. The number of aromatic nitrogens is 5. The first-order valence-electron chi connectivity index (χ1n) is 11.7. The number of fused-ring (bicyclic) bond motifs is 1. The lowest BCUT2D eigenvalue weighted by atomic mass is 10.1. The summed E-state index contributed by atoms with van der Waals surface area (Å²) >= 11 is 0. The quantitative estimate of drug-likeness (QED) is 0.318. The monoisotopic (exact) mass is 520 g/mol. The highest BCUT2D eigenvalue weighted by atomic mass is 19.4. The van der Waals surface area contributed by atoms with Crippen molar-refractivity contribution in [3.05, 3.63) is 95.1 Å². The molecule has 5 rings (SSSR count). The number of methoxy groups -OCH3 is 1. The van der Waals surface area contributed by atoms with Crippen LogP contribution in [-0.2, 0) is 12.7 Å². The van der Waals surface area contributed by atoms with Gasteiger partial charge in [-0.2, -0.15) is 23.4 Å². The number of amides is 1. The fourth-order valence-electron chi connectivity index (χ4n) is 4.20. The first kappa shape index (κ1) is 25.0. The van der Waals surface area contributed by atoms with E-state index in [2.05, 4.69) is 20.5 Å². The normalized spacial score (nSPS) is 11.6. The van der Waals surface area contributed by atoms with Crippen molar-refractivity contribution in [3.63, 3.8) is 0 Å². The third-order valence-electron chi connectivity index (χ3n) is 6.19. The van der Waals surface area contributed by atoms with Gasteiger partial charge >= 0.3 is 6.18 Å². The maximum Gasteiger partial charge on any atom is 0.433 e. The molecule has 0 bridgehead atoms. The third kappa shape index (κ3) is 4.70. The van der Waals surface area contributed by atoms with Crippen molar-refractivity contribution in [2.75, 3.05) is 12.4 Å². The molecule has 0 radical (unpaired) electrons. The maximum absolute atomic E-state index is 14.0. The second-order valence-corrected chi connectivity index (χ2v) is 8.69. The van der Waals surface area contributed by atoms with Gasteiger partial charge in [0.05, 0.1) is 42.6 Å². The van der Waals surface area contributed by atoms with Gasteiger partial charge in [-0.05, 0) is 49.7 Å². The molecule has 3 heterocycles. The van der Waals surface area contributed by atoms with Gasteiger partial charge < -0.3 is 10.1 Å². The number of halogens is 3. The summed E-state index contributed by atoms with van der Waals surface area (Å²) in [6, 6.07) is 17.1. The fourth-order valence-corrected chi connectivity index (χ4v) is 4.20. The van der Waals surface area contributed by atoms with E-state index in [-0.39, 0.29) is 16.9 Å². The SMILES string of the molecule is COc1ccc(-c2cc(C(F)(F)F)n3ncc(C(=O)Nc4c(C)nn(Cc5ccccc5)c4C)c3n2)cc1. The summed E-state index contributed by atoms with van der Waals surface area (Å²) in [5.41, 5.74) is 1.92. The van der Waals surface area contributed by atoms with Crippen molar-refractivity contribution in [2.45, 2.75) is 26.6 Å². The summed E-state index contributed by atoms with van der Waals surface area (Å²) < 4.78 is 49.4. The Morgan fingerprint density at radius 1 is 1.05 bits per heavy atom. The minimum atomic E-state index is -4.73. The van der Waals surface area contributed by atoms with Gasteiger partial charge in [-0.25, -0.2) is 9.50 Å². The Bertz CT molecular complexity index is 1620. The Morgan fingerprint density at radius 2 is 1.76 bits per heavy atom. The van der Waals surface area contributed by atoms with Gasteiger partial charge in [-0.3, -0.25) is 9.48 Å². The number of aryl methyl sites for hydroxylation is 1. The van der Waals surface area contributed by atoms with E-state index >= 15 is 0 Å². The van der Waals surface area contributed by atoms with Crippen LogP contribution in [0.2, 0.25) is 0 Å². The van der Waals surface area contributed by atoms with Gasteiger partial charge in [0.2, 0.25) is 0 Å². The van der Waals surface area contributed by atoms with Crippen molar-refractivity contribution >= 4 is 17.2 Å². The molecule has 38 heavy (non-hydrogen) atoms. The minimum absolute atomic E-state index is 0.0464. The molecule has 0 atom stereocenters. The predicted octanol–water partition coefficient (Wildman–Crippen LogP) is 5.54. The summed E-state index contributed by atoms with van der Waals surface area (Å²) in [7, 11) is 1.49. The van der Waals surface area contributed by atoms with Crippen molar-refractivity contribution in [1.82, 2.24) is 24.4 Å². The Balaban J connectivity index is 1.52. The maximum atomic E-state index is 14.0. The van der Waals surface area contributed by atoms with Crippen LogP contribution in [0.4, 0.5) is 18.9 Å². The number of ether oxygens (including phenoxy) is 1. The zero-order valence-electron chi connectivity index (χ0n) is 20.7. The van der Waals surface area contributed by atoms with Crippen LogP contribution < -0.4 is 10.1 Å². The third-order valence-corrected chi connectivity index (χ3v) is 6.19. The molecule has 0 saturated heterocycles. The molecule has 0 aliphatic heterocycles. The van der Waals surface area contributed by atoms with E-state index in [0.29, 0.717) is 39.4 Å². The molecule has 2 aromatic carbocycles. The molecule has 3 aromatic heterocycles. The average Bonchev–Trinajstić information content (AvgIpc) is 3.44. The van der Waals surface area contributed by atoms with Gasteiger partial charge in [0.25, 0.3) is 5.91 Å². The Hall–Kier alpha value is -4.67. The number of carbonyl (C=O) groups is 1. The van der Waals surface area contributed by atoms with Crippen molar-refractivity contribution in [3.8, 4) is 17.0 Å². The standard InChI is InChI=1S/C27H23F3N6O2/c1-16-24(17(2)35(34-16)15-18-7-5-4-6-8-18)33-26(37)21-14-31-36-23(27(28,29)30)13-22(32-25(21)36)19-9-11-20(38-3)12-10-19/h4-14H,15H2,1-3H3,(H,33,37). The van der Waals surface area contributed by atoms with Gasteiger partial charge in [0, 0.05) is 5.56 Å². The van der Waals surface area contributed by atoms with E-state index in [4.69, 9.17) is 4.74 Å². The largest absolute Gasteiger partial charge is 0.497 e. The lowest BCUT2D eigenvalue weighted by molar-refractivity contribution is -0.142. The van der Waals surface area contributed by atoms with Gasteiger partial charge in [0.1, 0.15) is 11.3 Å². The van der Waals surface area contributed by atoms with E-state index in [0.717, 1.165) is 17.8 Å². The van der Waals surface area contributed by atoms with Crippen molar-refractivity contribution in [2.24, 2.45) is 0 Å². The molecule has 0 aliphatic carbocycles. The molecular formula is C27H23F3N6O2. The second kappa shape index (κ2) is 9.66. The molecule has 8 nitrogen and oxygen atoms in total. The predicted molar refractivity (Wildman–Crippen MR) is 135 cm³/mol. The zero-order chi connectivity index (χ0) is 27.0. The molecule has 1 amide bonds. The molecule has 1 N–H and O–H groups in total. The van der Waals surface area contributed by atoms with E-state index in [1.165, 1.54) is 7.11 Å². The van der Waals surface area contributed by atoms with Crippen LogP contribution in [0.1, 0.15) is 33.0 Å². The van der Waals surface area contributed by atoms with Crippen molar-refractivity contribution in [1.29, 1.82) is 0 Å². The Kier molecular flexibility index (Phi) is 6.35. The highest BCUT2D eigenvalue weighted by Crippen LogP contribution is 2.33. The van der Waals surface area contributed by atoms with Crippen LogP contribution in [0.3, 0.4) is 0 Å². The summed E-state index contributed by atoms with van der Waals surface area (Å²) in [6.07, 6.45) is -3.64. The van der Waals surface area contributed by atoms with E-state index in [9.17, 15) is 18.0 Å². The van der Waals surface area contributed by atoms with E-state index in [1.54, 1.807) is 35.9 Å². The molecule has 194 valence electrons. The number of benzene rings is 2. The van der Waals surface area contributed by atoms with Gasteiger partial charge in [-0.15, -0.1) is 0 Å². The Labute approximate surface area is 215 Å². The molecule has 5 aromatic rings. The highest BCUT2D eigenvalue weighted by molar-refractivity contribution is 6.08. The van der Waals surface area contributed by atoms with Crippen LogP contribution in [0, 0.1) is 13.8 Å². The topological polar surface area (TPSA) is 86.3 Å². The highest BCUT2D eigenvalue weighted by Gasteiger charge is 2.36. The number of carbonyl (C=O) groups excluding carboxylic acids is 1. The van der Waals surface area contributed by atoms with E-state index in [1.807, 2.05) is 37.3 Å². The molecule has 0 fully saturated rings. The van der Waals surface area contributed by atoms with Crippen LogP contribution in [-0.4, -0.2) is 37.4 Å². The molecular weight excluding hydrogens is 497 g/mol. The van der Waals surface area contributed by atoms with Gasteiger partial charge in [0.15, 0.2) is 11.3 Å². The number of nitrogens with zero attached hydrogens (tertiary/aromatic N) is 5. The number of alkyl halides is 3. The van der Waals surface area contributed by atoms with Crippen LogP contribution in [0.5, 0.6) is 5.75 Å². The Morgan fingerprint density at radius 3 is 2.42 bits per heavy atom. The molecule has 0 saturated carbocycles. The summed E-state index contributed by atoms with van der Waals surface area (Å²) in [4.78, 5) is 17.7. The van der Waals surface area contributed by atoms with Crippen LogP contribution in [0.15, 0.2) is 66.9 Å². The summed E-state index contributed by atoms with van der Waals surface area (Å²) in [6.45, 7) is 4.07. The first-order chi connectivity index (χ1) is 18.2. The smallest absolute Gasteiger partial charge is 0.433 e. The number of hydrogen-bond donors (Lipinski definition) is 1. The lowest BCUT2D eigenvalue weighted by Crippen LogP contribution is -2.16. The van der Waals surface area contributed by atoms with Crippen LogP contribution >= 0.6 is 0 Å². The summed E-state index contributed by atoms with van der Waals surface area (Å²) in [5, 5.41) is 11.2. The lowest BCUT2D eigenvalue weighted by Gasteiger charge is -2.12. The summed E-state index contributed by atoms with van der Waals surface area (Å²) in [5.74, 6) is -0.0909. The first-order valence-corrected chi connectivity index (χ1v) is 11.7. The fraction of sp³-hybridized carbons (Fsp3) is 0.185. The number of anilines is 1. The molecule has 0 aliphatic rings. The average molecular weight is 521 g/mol. The minimum Gasteiger partial charge on any atom is -0.497 e. The second-order valence-electron chi connectivity index (χ2n) is 8.69. The molecule has 0 unspecified atom stereocenters. The molecule has 0 spiro atoms. The van der Waals surface area contributed by atoms with Gasteiger partial charge in [-0.1, -0.05) is 30.3 Å². The number of hydrogen-bond acceptors (Lipinski definition) is 5. The molecule has 11 heteroatoms. The van der Waals surface area contributed by atoms with E-state index < -0.39 is 17.8 Å².